The standard InChI is InChI=1S/C15H22O3/c1-10-7-12(16)9-11(2)13(17)5-6-15(3,4)14(18)8-10/h5-6,8-9,12,14,16,18H,7H2,1-4H3/b6-5+,10-8+,11-9+/t12-,14+/m0/s1. The summed E-state index contributed by atoms with van der Waals surface area (Å²) >= 11 is 0. The SMILES string of the molecule is C/C1=C\[C@@H](O)C(C)(C)/C=C/C(=O)/C(C)=C/[C@@H](O)C1. The van der Waals surface area contributed by atoms with Gasteiger partial charge >= 0.3 is 0 Å². The molecule has 1 aliphatic rings. The van der Waals surface area contributed by atoms with Crippen molar-refractivity contribution in [2.24, 2.45) is 5.41 Å². The molecule has 0 spiro atoms. The Labute approximate surface area is 109 Å². The summed E-state index contributed by atoms with van der Waals surface area (Å²) < 4.78 is 0. The van der Waals surface area contributed by atoms with Gasteiger partial charge in [-0.25, -0.2) is 0 Å². The number of allylic oxidation sites excluding steroid dienone is 2. The molecule has 0 aromatic carbocycles. The molecule has 18 heavy (non-hydrogen) atoms. The average molecular weight is 250 g/mol. The van der Waals surface area contributed by atoms with Crippen LogP contribution in [0.15, 0.2) is 35.5 Å². The predicted molar refractivity (Wildman–Crippen MR) is 72.1 cm³/mol. The van der Waals surface area contributed by atoms with E-state index in [0.29, 0.717) is 12.0 Å². The van der Waals surface area contributed by atoms with Crippen LogP contribution in [-0.2, 0) is 4.79 Å². The summed E-state index contributed by atoms with van der Waals surface area (Å²) in [5.74, 6) is -0.131. The van der Waals surface area contributed by atoms with E-state index in [9.17, 15) is 15.0 Å². The van der Waals surface area contributed by atoms with Crippen LogP contribution in [0.2, 0.25) is 0 Å². The molecule has 0 fully saturated rings. The van der Waals surface area contributed by atoms with E-state index >= 15 is 0 Å². The number of hydrogen-bond donors (Lipinski definition) is 2. The van der Waals surface area contributed by atoms with Crippen molar-refractivity contribution in [1.82, 2.24) is 0 Å². The van der Waals surface area contributed by atoms with Crippen LogP contribution in [-0.4, -0.2) is 28.2 Å². The Morgan fingerprint density at radius 1 is 1.22 bits per heavy atom. The first-order chi connectivity index (χ1) is 8.22. The van der Waals surface area contributed by atoms with Gasteiger partial charge in [0.05, 0.1) is 12.2 Å². The fourth-order valence-corrected chi connectivity index (χ4v) is 1.83. The van der Waals surface area contributed by atoms with Crippen molar-refractivity contribution in [3.63, 3.8) is 0 Å². The van der Waals surface area contributed by atoms with Crippen molar-refractivity contribution in [1.29, 1.82) is 0 Å². The molecular weight excluding hydrogens is 228 g/mol. The number of aliphatic hydroxyl groups excluding tert-OH is 2. The van der Waals surface area contributed by atoms with Gasteiger partial charge < -0.3 is 10.2 Å². The first kappa shape index (κ1) is 14.9. The van der Waals surface area contributed by atoms with Crippen LogP contribution in [0.5, 0.6) is 0 Å². The van der Waals surface area contributed by atoms with Gasteiger partial charge in [0.15, 0.2) is 5.78 Å². The van der Waals surface area contributed by atoms with E-state index in [0.717, 1.165) is 5.57 Å². The first-order valence-electron chi connectivity index (χ1n) is 6.18. The largest absolute Gasteiger partial charge is 0.389 e. The molecule has 0 radical (unpaired) electrons. The summed E-state index contributed by atoms with van der Waals surface area (Å²) in [7, 11) is 0. The number of aliphatic hydroxyl groups is 2. The monoisotopic (exact) mass is 250 g/mol. The third-order valence-electron chi connectivity index (χ3n) is 3.23. The average Bonchev–Trinajstić information content (AvgIpc) is 2.24. The molecule has 1 rings (SSSR count). The van der Waals surface area contributed by atoms with E-state index < -0.39 is 17.6 Å². The van der Waals surface area contributed by atoms with E-state index in [2.05, 4.69) is 0 Å². The van der Waals surface area contributed by atoms with Gasteiger partial charge in [-0.15, -0.1) is 0 Å². The van der Waals surface area contributed by atoms with Crippen molar-refractivity contribution >= 4 is 5.78 Å². The summed E-state index contributed by atoms with van der Waals surface area (Å²) in [5.41, 5.74) is 0.931. The predicted octanol–water partition coefficient (Wildman–Crippen LogP) is 2.16. The van der Waals surface area contributed by atoms with Crippen LogP contribution in [0.3, 0.4) is 0 Å². The Hall–Kier alpha value is -1.19. The van der Waals surface area contributed by atoms with Gasteiger partial charge in [0, 0.05) is 5.41 Å². The molecule has 0 aromatic rings. The highest BCUT2D eigenvalue weighted by atomic mass is 16.3. The van der Waals surface area contributed by atoms with E-state index in [1.54, 1.807) is 25.2 Å². The zero-order valence-corrected chi connectivity index (χ0v) is 11.5. The molecular formula is C15H22O3. The van der Waals surface area contributed by atoms with Crippen molar-refractivity contribution in [3.8, 4) is 0 Å². The van der Waals surface area contributed by atoms with Crippen LogP contribution >= 0.6 is 0 Å². The summed E-state index contributed by atoms with van der Waals surface area (Å²) in [6.45, 7) is 7.31. The lowest BCUT2D eigenvalue weighted by molar-refractivity contribution is -0.111. The lowest BCUT2D eigenvalue weighted by Gasteiger charge is -2.25. The Bertz CT molecular complexity index is 413. The number of carbonyl (C=O) groups is 1. The lowest BCUT2D eigenvalue weighted by atomic mass is 9.84. The minimum Gasteiger partial charge on any atom is -0.389 e. The zero-order chi connectivity index (χ0) is 13.9. The molecule has 100 valence electrons. The van der Waals surface area contributed by atoms with Gasteiger partial charge in [-0.3, -0.25) is 4.79 Å². The Balaban J connectivity index is 3.16. The highest BCUT2D eigenvalue weighted by molar-refractivity contribution is 6.03. The lowest BCUT2D eigenvalue weighted by Crippen LogP contribution is -2.25. The summed E-state index contributed by atoms with van der Waals surface area (Å²) in [5, 5.41) is 19.9. The van der Waals surface area contributed by atoms with Gasteiger partial charge in [-0.1, -0.05) is 31.6 Å². The third kappa shape index (κ3) is 3.93. The number of rotatable bonds is 0. The maximum absolute atomic E-state index is 11.8. The van der Waals surface area contributed by atoms with Gasteiger partial charge in [0.1, 0.15) is 0 Å². The third-order valence-corrected chi connectivity index (χ3v) is 3.23. The topological polar surface area (TPSA) is 57.5 Å². The van der Waals surface area contributed by atoms with Gasteiger partial charge in [0.2, 0.25) is 0 Å². The molecule has 0 bridgehead atoms. The first-order valence-corrected chi connectivity index (χ1v) is 6.18. The summed E-state index contributed by atoms with van der Waals surface area (Å²) in [6.07, 6.45) is 5.56. The molecule has 1 aliphatic carbocycles. The van der Waals surface area contributed by atoms with E-state index in [1.165, 1.54) is 6.08 Å². The van der Waals surface area contributed by atoms with E-state index in [1.807, 2.05) is 20.8 Å². The van der Waals surface area contributed by atoms with Crippen LogP contribution in [0.1, 0.15) is 34.1 Å². The molecule has 0 aliphatic heterocycles. The highest BCUT2D eigenvalue weighted by Gasteiger charge is 2.24. The highest BCUT2D eigenvalue weighted by Crippen LogP contribution is 2.26. The summed E-state index contributed by atoms with van der Waals surface area (Å²) in [4.78, 5) is 11.8. The number of hydrogen-bond acceptors (Lipinski definition) is 3. The second-order valence-corrected chi connectivity index (χ2v) is 5.60. The molecule has 0 saturated heterocycles. The minimum atomic E-state index is -0.688. The van der Waals surface area contributed by atoms with E-state index in [4.69, 9.17) is 0 Å². The molecule has 0 unspecified atom stereocenters. The molecule has 3 heteroatoms. The molecule has 0 heterocycles. The van der Waals surface area contributed by atoms with Crippen LogP contribution in [0.4, 0.5) is 0 Å². The minimum absolute atomic E-state index is 0.131. The fourth-order valence-electron chi connectivity index (χ4n) is 1.83. The molecule has 2 N–H and O–H groups in total. The summed E-state index contributed by atoms with van der Waals surface area (Å²) in [6, 6.07) is 0. The molecule has 0 aromatic heterocycles. The second-order valence-electron chi connectivity index (χ2n) is 5.60. The molecule has 0 saturated carbocycles. The fraction of sp³-hybridized carbons (Fsp3) is 0.533. The van der Waals surface area contributed by atoms with Crippen LogP contribution in [0.25, 0.3) is 0 Å². The maximum atomic E-state index is 11.8. The number of ketones is 1. The number of carbonyl (C=O) groups excluding carboxylic acids is 1. The maximum Gasteiger partial charge on any atom is 0.181 e. The Morgan fingerprint density at radius 3 is 2.44 bits per heavy atom. The quantitative estimate of drug-likeness (QED) is 0.648. The van der Waals surface area contributed by atoms with Crippen LogP contribution in [0, 0.1) is 5.41 Å². The Morgan fingerprint density at radius 2 is 1.83 bits per heavy atom. The van der Waals surface area contributed by atoms with Gasteiger partial charge in [-0.05, 0) is 38.0 Å². The molecule has 3 nitrogen and oxygen atoms in total. The van der Waals surface area contributed by atoms with E-state index in [-0.39, 0.29) is 5.78 Å². The van der Waals surface area contributed by atoms with Crippen molar-refractivity contribution in [2.75, 3.05) is 0 Å². The van der Waals surface area contributed by atoms with Crippen molar-refractivity contribution in [2.45, 2.75) is 46.3 Å². The zero-order valence-electron chi connectivity index (χ0n) is 11.5. The normalized spacial score (nSPS) is 36.9. The molecule has 2 atom stereocenters. The van der Waals surface area contributed by atoms with Crippen molar-refractivity contribution < 1.29 is 15.0 Å². The molecule has 0 amide bonds. The second kappa shape index (κ2) is 5.63. The van der Waals surface area contributed by atoms with Gasteiger partial charge in [0.25, 0.3) is 0 Å². The van der Waals surface area contributed by atoms with Crippen LogP contribution < -0.4 is 0 Å². The van der Waals surface area contributed by atoms with Gasteiger partial charge in [-0.2, -0.15) is 0 Å². The van der Waals surface area contributed by atoms with Crippen molar-refractivity contribution in [3.05, 3.63) is 35.5 Å². The Kier molecular flexibility index (Phi) is 4.65. The smallest absolute Gasteiger partial charge is 0.181 e.